The monoisotopic (exact) mass is 365 g/mol. The molecule has 0 unspecified atom stereocenters. The van der Waals surface area contributed by atoms with Gasteiger partial charge >= 0.3 is 0 Å². The molecule has 0 saturated carbocycles. The van der Waals surface area contributed by atoms with Crippen LogP contribution < -0.4 is 10.6 Å². The molecule has 0 bridgehead atoms. The number of nitrogens with zero attached hydrogens (tertiary/aromatic N) is 1. The summed E-state index contributed by atoms with van der Waals surface area (Å²) in [5.41, 5.74) is 2.63. The van der Waals surface area contributed by atoms with Gasteiger partial charge in [0.05, 0.1) is 11.1 Å². The molecule has 0 spiro atoms. The fraction of sp³-hybridized carbons (Fsp3) is 0. The first-order valence-electron chi connectivity index (χ1n) is 8.39. The first-order valence-corrected chi connectivity index (χ1v) is 8.39. The maximum Gasteiger partial charge on any atom is 0.212 e. The van der Waals surface area contributed by atoms with Crippen molar-refractivity contribution in [3.8, 4) is 23.7 Å². The van der Waals surface area contributed by atoms with Crippen LogP contribution in [0.25, 0.3) is 0 Å². The van der Waals surface area contributed by atoms with Crippen molar-refractivity contribution in [2.45, 2.75) is 0 Å². The van der Waals surface area contributed by atoms with E-state index < -0.39 is 0 Å². The van der Waals surface area contributed by atoms with E-state index in [9.17, 15) is 9.59 Å². The Balaban J connectivity index is 2.07. The molecular formula is C23H15N3O2. The van der Waals surface area contributed by atoms with E-state index in [0.29, 0.717) is 23.9 Å². The van der Waals surface area contributed by atoms with Gasteiger partial charge in [-0.15, -0.1) is 0 Å². The van der Waals surface area contributed by atoms with Crippen LogP contribution in [0.5, 0.6) is 0 Å². The van der Waals surface area contributed by atoms with Crippen LogP contribution in [0, 0.1) is 23.7 Å². The van der Waals surface area contributed by atoms with Crippen LogP contribution in [0.4, 0.5) is 11.6 Å². The van der Waals surface area contributed by atoms with Gasteiger partial charge in [0.2, 0.25) is 12.8 Å². The van der Waals surface area contributed by atoms with Gasteiger partial charge in [-0.25, -0.2) is 4.98 Å². The van der Waals surface area contributed by atoms with Crippen molar-refractivity contribution in [3.63, 3.8) is 0 Å². The third kappa shape index (κ3) is 4.85. The Hall–Kier alpha value is -4.35. The van der Waals surface area contributed by atoms with Crippen LogP contribution in [0.2, 0.25) is 0 Å². The summed E-state index contributed by atoms with van der Waals surface area (Å²) in [6.45, 7) is 0. The molecule has 5 nitrogen and oxygen atoms in total. The van der Waals surface area contributed by atoms with E-state index in [2.05, 4.69) is 39.3 Å². The molecule has 2 N–H and O–H groups in total. The fourth-order valence-electron chi connectivity index (χ4n) is 2.36. The molecule has 0 atom stereocenters. The molecule has 28 heavy (non-hydrogen) atoms. The third-order valence-electron chi connectivity index (χ3n) is 3.64. The topological polar surface area (TPSA) is 71.1 Å². The van der Waals surface area contributed by atoms with E-state index in [1.807, 2.05) is 60.7 Å². The highest BCUT2D eigenvalue weighted by Crippen LogP contribution is 2.20. The lowest BCUT2D eigenvalue weighted by Gasteiger charge is -2.08. The summed E-state index contributed by atoms with van der Waals surface area (Å²) in [5.74, 6) is 12.6. The summed E-state index contributed by atoms with van der Waals surface area (Å²) in [5, 5.41) is 5.03. The zero-order valence-electron chi connectivity index (χ0n) is 14.8. The minimum atomic E-state index is 0.244. The maximum absolute atomic E-state index is 10.9. The highest BCUT2D eigenvalue weighted by molar-refractivity contribution is 5.80. The molecule has 0 fully saturated rings. The second-order valence-corrected chi connectivity index (χ2v) is 5.54. The second-order valence-electron chi connectivity index (χ2n) is 5.54. The van der Waals surface area contributed by atoms with Gasteiger partial charge < -0.3 is 10.6 Å². The van der Waals surface area contributed by atoms with Crippen LogP contribution in [0.1, 0.15) is 22.3 Å². The Kier molecular flexibility index (Phi) is 6.18. The van der Waals surface area contributed by atoms with E-state index in [1.165, 1.54) is 0 Å². The number of pyridine rings is 1. The normalized spacial score (nSPS) is 9.14. The molecule has 3 rings (SSSR count). The fourth-order valence-corrected chi connectivity index (χ4v) is 2.36. The zero-order valence-corrected chi connectivity index (χ0v) is 14.8. The predicted octanol–water partition coefficient (Wildman–Crippen LogP) is 3.02. The first-order chi connectivity index (χ1) is 13.8. The number of hydrogen-bond acceptors (Lipinski definition) is 3. The molecule has 0 aliphatic heterocycles. The average molecular weight is 365 g/mol. The van der Waals surface area contributed by atoms with Crippen LogP contribution in [0.15, 0.2) is 66.7 Å². The number of amides is 2. The number of anilines is 2. The number of hydrogen-bond donors (Lipinski definition) is 2. The summed E-state index contributed by atoms with van der Waals surface area (Å²) in [4.78, 5) is 26.2. The van der Waals surface area contributed by atoms with Crippen molar-refractivity contribution in [1.29, 1.82) is 0 Å². The van der Waals surface area contributed by atoms with E-state index in [1.54, 1.807) is 6.07 Å². The van der Waals surface area contributed by atoms with Crippen LogP contribution in [-0.4, -0.2) is 17.8 Å². The largest absolute Gasteiger partial charge is 0.312 e. The van der Waals surface area contributed by atoms with Gasteiger partial charge in [0.25, 0.3) is 0 Å². The van der Waals surface area contributed by atoms with Crippen LogP contribution in [0.3, 0.4) is 0 Å². The summed E-state index contributed by atoms with van der Waals surface area (Å²) in [6, 6.07) is 20.6. The van der Waals surface area contributed by atoms with E-state index in [-0.39, 0.29) is 11.6 Å². The molecule has 2 amide bonds. The molecule has 3 aromatic rings. The van der Waals surface area contributed by atoms with Gasteiger partial charge in [0.1, 0.15) is 0 Å². The lowest BCUT2D eigenvalue weighted by Crippen LogP contribution is -2.06. The standard InChI is InChI=1S/C23H15N3O2/c27-16-24-22-20(13-11-18-7-3-1-4-8-18)15-21(23(26-22)25-17-28)14-12-19-9-5-2-6-10-19/h1-10,15-17H,(H2,24,25,26,27,28). The van der Waals surface area contributed by atoms with Crippen molar-refractivity contribution in [3.05, 3.63) is 89.0 Å². The molecule has 134 valence electrons. The van der Waals surface area contributed by atoms with Gasteiger partial charge in [-0.1, -0.05) is 60.1 Å². The summed E-state index contributed by atoms with van der Waals surface area (Å²) < 4.78 is 0. The summed E-state index contributed by atoms with van der Waals surface area (Å²) in [6.07, 6.45) is 1.02. The molecule has 0 saturated heterocycles. The van der Waals surface area contributed by atoms with Gasteiger partial charge in [-0.2, -0.15) is 0 Å². The SMILES string of the molecule is O=CNc1nc(NC=O)c(C#Cc2ccccc2)cc1C#Cc1ccccc1. The Morgan fingerprint density at radius 1 is 0.643 bits per heavy atom. The minimum Gasteiger partial charge on any atom is -0.312 e. The minimum absolute atomic E-state index is 0.244. The molecular weight excluding hydrogens is 350 g/mol. The van der Waals surface area contributed by atoms with E-state index in [4.69, 9.17) is 0 Å². The second kappa shape index (κ2) is 9.38. The number of aromatic nitrogens is 1. The smallest absolute Gasteiger partial charge is 0.212 e. The van der Waals surface area contributed by atoms with E-state index >= 15 is 0 Å². The van der Waals surface area contributed by atoms with Gasteiger partial charge in [0, 0.05) is 11.1 Å². The number of carbonyl (C=O) groups is 2. The molecule has 1 aromatic heterocycles. The Labute approximate surface area is 162 Å². The lowest BCUT2D eigenvalue weighted by atomic mass is 10.1. The van der Waals surface area contributed by atoms with Crippen LogP contribution in [-0.2, 0) is 9.59 Å². The maximum atomic E-state index is 10.9. The van der Waals surface area contributed by atoms with Gasteiger partial charge in [-0.3, -0.25) is 9.59 Å². The van der Waals surface area contributed by atoms with Crippen molar-refractivity contribution in [2.24, 2.45) is 0 Å². The molecule has 2 aromatic carbocycles. The third-order valence-corrected chi connectivity index (χ3v) is 3.64. The number of nitrogens with one attached hydrogen (secondary N) is 2. The number of carbonyl (C=O) groups excluding carboxylic acids is 2. The number of benzene rings is 2. The summed E-state index contributed by atoms with van der Waals surface area (Å²) >= 11 is 0. The first kappa shape index (κ1) is 18.4. The van der Waals surface area contributed by atoms with Crippen molar-refractivity contribution < 1.29 is 9.59 Å². The molecule has 0 aliphatic rings. The lowest BCUT2D eigenvalue weighted by molar-refractivity contribution is -0.106. The van der Waals surface area contributed by atoms with Crippen molar-refractivity contribution >= 4 is 24.5 Å². The number of rotatable bonds is 4. The molecule has 0 radical (unpaired) electrons. The van der Waals surface area contributed by atoms with E-state index in [0.717, 1.165) is 11.1 Å². The highest BCUT2D eigenvalue weighted by Gasteiger charge is 2.09. The quantitative estimate of drug-likeness (QED) is 0.551. The predicted molar refractivity (Wildman–Crippen MR) is 108 cm³/mol. The Morgan fingerprint density at radius 2 is 1.07 bits per heavy atom. The average Bonchev–Trinajstić information content (AvgIpc) is 2.74. The molecule has 0 aliphatic carbocycles. The summed E-state index contributed by atoms with van der Waals surface area (Å²) in [7, 11) is 0. The zero-order chi connectivity index (χ0) is 19.6. The van der Waals surface area contributed by atoms with Crippen molar-refractivity contribution in [1.82, 2.24) is 4.98 Å². The Morgan fingerprint density at radius 3 is 1.46 bits per heavy atom. The Bertz CT molecular complexity index is 1020. The molecule has 1 heterocycles. The highest BCUT2D eigenvalue weighted by atomic mass is 16.1. The van der Waals surface area contributed by atoms with Gasteiger partial charge in [-0.05, 0) is 30.3 Å². The molecule has 5 heteroatoms. The van der Waals surface area contributed by atoms with Gasteiger partial charge in [0.15, 0.2) is 11.6 Å². The van der Waals surface area contributed by atoms with Crippen molar-refractivity contribution in [2.75, 3.05) is 10.6 Å². The van der Waals surface area contributed by atoms with Crippen LogP contribution >= 0.6 is 0 Å².